The first kappa shape index (κ1) is 13.7. The third kappa shape index (κ3) is 3.19. The van der Waals surface area contributed by atoms with Crippen molar-refractivity contribution in [2.75, 3.05) is 12.4 Å². The van der Waals surface area contributed by atoms with Crippen LogP contribution in [0.3, 0.4) is 0 Å². The number of hydrogen-bond donors (Lipinski definition) is 1. The van der Waals surface area contributed by atoms with E-state index in [0.29, 0.717) is 21.4 Å². The molecule has 1 aromatic rings. The highest BCUT2D eigenvalue weighted by atomic mass is 35.5. The van der Waals surface area contributed by atoms with Crippen LogP contribution in [0.15, 0.2) is 35.3 Å². The summed E-state index contributed by atoms with van der Waals surface area (Å²) in [5, 5.41) is 3.17. The van der Waals surface area contributed by atoms with E-state index in [4.69, 9.17) is 28.6 Å². The van der Waals surface area contributed by atoms with Gasteiger partial charge in [-0.15, -0.1) is 0 Å². The van der Waals surface area contributed by atoms with Crippen LogP contribution in [0.4, 0.5) is 5.69 Å². The summed E-state index contributed by atoms with van der Waals surface area (Å²) in [7, 11) is 1.53. The number of aliphatic imine (C=N–C) groups is 1. The molecule has 1 aliphatic rings. The lowest BCUT2D eigenvalue weighted by Crippen LogP contribution is -2.27. The smallest absolute Gasteiger partial charge is 0.238 e. The molecule has 1 atom stereocenters. The Hall–Kier alpha value is -1.72. The number of hydrogen-bond acceptors (Lipinski definition) is 3. The maximum Gasteiger partial charge on any atom is 0.238 e. The molecule has 1 N–H and O–H groups in total. The summed E-state index contributed by atoms with van der Waals surface area (Å²) in [4.78, 5) is 16.3. The van der Waals surface area contributed by atoms with Gasteiger partial charge in [0.1, 0.15) is 16.7 Å². The van der Waals surface area contributed by atoms with Gasteiger partial charge in [-0.1, -0.05) is 29.9 Å². The molecule has 0 saturated heterocycles. The molecule has 0 bridgehead atoms. The van der Waals surface area contributed by atoms with Gasteiger partial charge >= 0.3 is 0 Å². The zero-order valence-electron chi connectivity index (χ0n) is 10.1. The van der Waals surface area contributed by atoms with Crippen molar-refractivity contribution in [2.24, 2.45) is 10.9 Å². The second kappa shape index (κ2) is 5.95. The molecule has 1 aromatic carbocycles. The van der Waals surface area contributed by atoms with Crippen LogP contribution < -0.4 is 10.1 Å². The molecule has 1 amide bonds. The van der Waals surface area contributed by atoms with Crippen LogP contribution in [0.2, 0.25) is 5.02 Å². The Morgan fingerprint density at radius 2 is 2.32 bits per heavy atom. The second-order valence-corrected chi connectivity index (χ2v) is 4.64. The Morgan fingerprint density at radius 3 is 2.95 bits per heavy atom. The van der Waals surface area contributed by atoms with Gasteiger partial charge in [0.15, 0.2) is 0 Å². The first-order chi connectivity index (χ1) is 9.11. The summed E-state index contributed by atoms with van der Waals surface area (Å²) >= 11 is 11.0. The molecule has 19 heavy (non-hydrogen) atoms. The van der Waals surface area contributed by atoms with Crippen LogP contribution in [0.25, 0.3) is 0 Å². The number of nitrogens with one attached hydrogen (secondary N) is 1. The Balaban J connectivity index is 2.11. The molecule has 0 radical (unpaired) electrons. The van der Waals surface area contributed by atoms with E-state index in [-0.39, 0.29) is 5.91 Å². The lowest BCUT2D eigenvalue weighted by Gasteiger charge is -2.14. The number of thiocarbonyl (C=S) groups is 1. The van der Waals surface area contributed by atoms with Crippen molar-refractivity contribution in [1.29, 1.82) is 0 Å². The third-order valence-corrected chi connectivity index (χ3v) is 3.21. The van der Waals surface area contributed by atoms with Gasteiger partial charge in [0, 0.05) is 11.9 Å². The van der Waals surface area contributed by atoms with Crippen LogP contribution in [-0.2, 0) is 4.79 Å². The molecule has 2 rings (SSSR count). The van der Waals surface area contributed by atoms with Crippen molar-refractivity contribution < 1.29 is 9.53 Å². The monoisotopic (exact) mass is 294 g/mol. The van der Waals surface area contributed by atoms with Crippen molar-refractivity contribution >= 4 is 46.6 Å². The van der Waals surface area contributed by atoms with Crippen LogP contribution in [-0.4, -0.2) is 24.2 Å². The van der Waals surface area contributed by atoms with E-state index in [1.165, 1.54) is 7.11 Å². The molecule has 0 spiro atoms. The fraction of sp³-hybridized carbons (Fsp3) is 0.154. The van der Waals surface area contributed by atoms with Gasteiger partial charge in [0.25, 0.3) is 0 Å². The summed E-state index contributed by atoms with van der Waals surface area (Å²) in [6.07, 6.45) is 4.97. The predicted molar refractivity (Wildman–Crippen MR) is 80.4 cm³/mol. The molecule has 1 aliphatic heterocycles. The summed E-state index contributed by atoms with van der Waals surface area (Å²) in [6.45, 7) is 0. The summed E-state index contributed by atoms with van der Waals surface area (Å²) in [6, 6.07) is 5.02. The second-order valence-electron chi connectivity index (χ2n) is 3.82. The van der Waals surface area contributed by atoms with Crippen molar-refractivity contribution in [3.05, 3.63) is 35.4 Å². The zero-order valence-corrected chi connectivity index (χ0v) is 11.7. The number of carbonyl (C=O) groups excluding carboxylic acids is 1. The van der Waals surface area contributed by atoms with Crippen LogP contribution in [0.1, 0.15) is 0 Å². The fourth-order valence-corrected chi connectivity index (χ4v) is 2.11. The number of anilines is 1. The van der Waals surface area contributed by atoms with E-state index in [2.05, 4.69) is 10.3 Å². The zero-order chi connectivity index (χ0) is 13.8. The van der Waals surface area contributed by atoms with Crippen molar-refractivity contribution in [3.8, 4) is 5.75 Å². The molecule has 1 heterocycles. The topological polar surface area (TPSA) is 50.7 Å². The number of dihydropyridines is 1. The molecule has 0 fully saturated rings. The van der Waals surface area contributed by atoms with E-state index in [1.807, 2.05) is 0 Å². The lowest BCUT2D eigenvalue weighted by atomic mass is 10.1. The van der Waals surface area contributed by atoms with Gasteiger partial charge in [-0.3, -0.25) is 4.79 Å². The fourth-order valence-electron chi connectivity index (χ4n) is 1.60. The van der Waals surface area contributed by atoms with E-state index in [9.17, 15) is 4.79 Å². The number of carbonyl (C=O) groups is 1. The van der Waals surface area contributed by atoms with Gasteiger partial charge in [0.2, 0.25) is 5.91 Å². The number of rotatable bonds is 3. The van der Waals surface area contributed by atoms with E-state index < -0.39 is 5.92 Å². The summed E-state index contributed by atoms with van der Waals surface area (Å²) in [5.74, 6) is -0.211. The number of methoxy groups -OCH3 is 1. The first-order valence-electron chi connectivity index (χ1n) is 5.51. The standard InChI is InChI=1S/C13H11ClN2O2S/c1-18-11-5-4-8(7-10(11)14)16-12(17)9-3-2-6-15-13(9)19/h2-7,9H,1H3,(H,16,17). The van der Waals surface area contributed by atoms with Gasteiger partial charge in [0.05, 0.1) is 12.1 Å². The number of amides is 1. The van der Waals surface area contributed by atoms with Gasteiger partial charge in [-0.2, -0.15) is 0 Å². The first-order valence-corrected chi connectivity index (χ1v) is 6.29. The SMILES string of the molecule is COc1ccc(NC(=O)C2C=CC=NC2=S)cc1Cl. The average molecular weight is 295 g/mol. The number of ether oxygens (including phenoxy) is 1. The van der Waals surface area contributed by atoms with Gasteiger partial charge in [-0.05, 0) is 24.3 Å². The normalized spacial score (nSPS) is 17.4. The minimum absolute atomic E-state index is 0.237. The Labute approximate surface area is 121 Å². The Morgan fingerprint density at radius 1 is 1.53 bits per heavy atom. The molecule has 6 heteroatoms. The summed E-state index contributed by atoms with van der Waals surface area (Å²) < 4.78 is 5.04. The average Bonchev–Trinajstić information content (AvgIpc) is 2.39. The minimum atomic E-state index is -0.527. The molecule has 1 unspecified atom stereocenters. The highest BCUT2D eigenvalue weighted by molar-refractivity contribution is 7.80. The molecule has 0 saturated carbocycles. The molecule has 0 aromatic heterocycles. The lowest BCUT2D eigenvalue weighted by molar-refractivity contribution is -0.116. The van der Waals surface area contributed by atoms with Gasteiger partial charge in [-0.25, -0.2) is 4.99 Å². The van der Waals surface area contributed by atoms with Crippen LogP contribution in [0.5, 0.6) is 5.75 Å². The van der Waals surface area contributed by atoms with E-state index in [0.717, 1.165) is 0 Å². The Bertz CT molecular complexity index is 584. The highest BCUT2D eigenvalue weighted by Gasteiger charge is 2.21. The van der Waals surface area contributed by atoms with E-state index in [1.54, 1.807) is 36.6 Å². The minimum Gasteiger partial charge on any atom is -0.495 e. The molecular weight excluding hydrogens is 284 g/mol. The molecule has 0 aliphatic carbocycles. The maximum atomic E-state index is 12.0. The maximum absolute atomic E-state index is 12.0. The van der Waals surface area contributed by atoms with Crippen molar-refractivity contribution in [2.45, 2.75) is 0 Å². The number of allylic oxidation sites excluding steroid dienone is 1. The Kier molecular flexibility index (Phi) is 4.29. The van der Waals surface area contributed by atoms with Gasteiger partial charge < -0.3 is 10.1 Å². The molecule has 98 valence electrons. The number of benzene rings is 1. The van der Waals surface area contributed by atoms with Crippen LogP contribution in [0, 0.1) is 5.92 Å². The highest BCUT2D eigenvalue weighted by Crippen LogP contribution is 2.27. The molecule has 4 nitrogen and oxygen atoms in total. The number of nitrogens with zero attached hydrogens (tertiary/aromatic N) is 1. The quantitative estimate of drug-likeness (QED) is 0.872. The number of halogens is 1. The predicted octanol–water partition coefficient (Wildman–Crippen LogP) is 2.87. The van der Waals surface area contributed by atoms with Crippen LogP contribution >= 0.6 is 23.8 Å². The van der Waals surface area contributed by atoms with Crippen molar-refractivity contribution in [1.82, 2.24) is 0 Å². The largest absolute Gasteiger partial charge is 0.495 e. The molecular formula is C13H11ClN2O2S. The van der Waals surface area contributed by atoms with E-state index >= 15 is 0 Å². The third-order valence-electron chi connectivity index (χ3n) is 2.56. The van der Waals surface area contributed by atoms with Crippen molar-refractivity contribution in [3.63, 3.8) is 0 Å². The summed E-state index contributed by atoms with van der Waals surface area (Å²) in [5.41, 5.74) is 0.585.